The van der Waals surface area contributed by atoms with Gasteiger partial charge in [-0.3, -0.25) is 14.4 Å². The number of esters is 3. The highest BCUT2D eigenvalue weighted by molar-refractivity contribution is 5.71. The Hall–Kier alpha value is -2.89. The highest BCUT2D eigenvalue weighted by Gasteiger charge is 2.19. The average molecular weight is 825 g/mol. The third kappa shape index (κ3) is 46.0. The molecule has 0 heterocycles. The number of hydrogen-bond donors (Lipinski definition) is 0. The second-order valence-corrected chi connectivity index (χ2v) is 16.4. The normalized spacial score (nSPS) is 12.5. The van der Waals surface area contributed by atoms with Gasteiger partial charge in [-0.1, -0.05) is 197 Å². The Kier molecular flexibility index (Phi) is 45.4. The van der Waals surface area contributed by atoms with Crippen molar-refractivity contribution < 1.29 is 28.6 Å². The molecule has 0 radical (unpaired) electrons. The van der Waals surface area contributed by atoms with E-state index in [0.717, 1.165) is 96.3 Å². The summed E-state index contributed by atoms with van der Waals surface area (Å²) >= 11 is 0. The third-order valence-corrected chi connectivity index (χ3v) is 10.5. The molecule has 59 heavy (non-hydrogen) atoms. The fraction of sp³-hybridized carbons (Fsp3) is 0.755. The van der Waals surface area contributed by atoms with Crippen LogP contribution in [0.1, 0.15) is 239 Å². The van der Waals surface area contributed by atoms with Crippen LogP contribution in [0.5, 0.6) is 0 Å². The Morgan fingerprint density at radius 2 is 0.627 bits per heavy atom. The van der Waals surface area contributed by atoms with E-state index in [2.05, 4.69) is 81.5 Å². The fourth-order valence-electron chi connectivity index (χ4n) is 6.70. The van der Waals surface area contributed by atoms with E-state index >= 15 is 0 Å². The first-order valence-corrected chi connectivity index (χ1v) is 24.8. The van der Waals surface area contributed by atoms with Crippen LogP contribution < -0.4 is 0 Å². The number of carbonyl (C=O) groups excluding carboxylic acids is 3. The van der Waals surface area contributed by atoms with Gasteiger partial charge < -0.3 is 14.2 Å². The minimum atomic E-state index is -0.793. The Labute approximate surface area is 364 Å². The molecule has 0 rings (SSSR count). The Morgan fingerprint density at radius 1 is 0.339 bits per heavy atom. The minimum Gasteiger partial charge on any atom is -0.462 e. The maximum atomic E-state index is 12.8. The van der Waals surface area contributed by atoms with Gasteiger partial charge >= 0.3 is 17.9 Å². The van der Waals surface area contributed by atoms with E-state index in [-0.39, 0.29) is 31.1 Å². The summed E-state index contributed by atoms with van der Waals surface area (Å²) in [7, 11) is 0. The predicted molar refractivity (Wildman–Crippen MR) is 251 cm³/mol. The summed E-state index contributed by atoms with van der Waals surface area (Å²) in [5.74, 6) is -0.943. The molecule has 0 aliphatic heterocycles. The lowest BCUT2D eigenvalue weighted by Gasteiger charge is -2.18. The molecule has 0 aromatic heterocycles. The van der Waals surface area contributed by atoms with Gasteiger partial charge in [0.25, 0.3) is 0 Å². The molecule has 0 fully saturated rings. The predicted octanol–water partition coefficient (Wildman–Crippen LogP) is 16.1. The Morgan fingerprint density at radius 3 is 1.07 bits per heavy atom. The van der Waals surface area contributed by atoms with Crippen LogP contribution in [-0.4, -0.2) is 37.2 Å². The molecular formula is C53H92O6. The molecule has 0 aliphatic rings. The summed E-state index contributed by atoms with van der Waals surface area (Å²) in [6.07, 6.45) is 57.7. The first kappa shape index (κ1) is 56.1. The van der Waals surface area contributed by atoms with Crippen molar-refractivity contribution in [2.75, 3.05) is 13.2 Å². The van der Waals surface area contributed by atoms with Crippen LogP contribution in [0.3, 0.4) is 0 Å². The molecule has 0 amide bonds. The van der Waals surface area contributed by atoms with E-state index in [9.17, 15) is 14.4 Å². The SMILES string of the molecule is CCCC/C=C\C/C=C\CCCCCCCC(=O)O[C@@H](COC(=O)CCCC/C=C\C/C=C\C/C=C\CCCCC)COC(=O)CCCCCCCCCCCCCC. The van der Waals surface area contributed by atoms with Crippen LogP contribution in [0, 0.1) is 0 Å². The molecule has 1 atom stereocenters. The van der Waals surface area contributed by atoms with Crippen molar-refractivity contribution in [3.63, 3.8) is 0 Å². The van der Waals surface area contributed by atoms with Gasteiger partial charge in [-0.05, 0) is 83.5 Å². The molecule has 0 unspecified atom stereocenters. The molecule has 340 valence electrons. The second kappa shape index (κ2) is 47.8. The molecule has 6 heteroatoms. The Bertz CT molecular complexity index is 1090. The van der Waals surface area contributed by atoms with Crippen molar-refractivity contribution in [3.05, 3.63) is 60.8 Å². The summed E-state index contributed by atoms with van der Waals surface area (Å²) in [5, 5.41) is 0. The van der Waals surface area contributed by atoms with Crippen LogP contribution >= 0.6 is 0 Å². The zero-order valence-electron chi connectivity index (χ0n) is 38.8. The molecular weight excluding hydrogens is 733 g/mol. The summed E-state index contributed by atoms with van der Waals surface area (Å²) in [6.45, 7) is 6.52. The third-order valence-electron chi connectivity index (χ3n) is 10.5. The van der Waals surface area contributed by atoms with Crippen molar-refractivity contribution >= 4 is 17.9 Å². The molecule has 0 saturated heterocycles. The first-order chi connectivity index (χ1) is 29.0. The maximum absolute atomic E-state index is 12.8. The summed E-state index contributed by atoms with van der Waals surface area (Å²) in [5.41, 5.74) is 0. The number of rotatable bonds is 44. The first-order valence-electron chi connectivity index (χ1n) is 24.8. The molecule has 0 saturated carbocycles. The zero-order chi connectivity index (χ0) is 43.0. The quantitative estimate of drug-likeness (QED) is 0.0263. The average Bonchev–Trinajstić information content (AvgIpc) is 3.23. The molecule has 0 aliphatic carbocycles. The van der Waals surface area contributed by atoms with E-state index in [4.69, 9.17) is 14.2 Å². The number of carbonyl (C=O) groups is 3. The minimum absolute atomic E-state index is 0.0906. The van der Waals surface area contributed by atoms with Gasteiger partial charge in [-0.2, -0.15) is 0 Å². The van der Waals surface area contributed by atoms with Crippen LogP contribution in [0.15, 0.2) is 60.8 Å². The smallest absolute Gasteiger partial charge is 0.306 e. The maximum Gasteiger partial charge on any atom is 0.306 e. The van der Waals surface area contributed by atoms with Crippen molar-refractivity contribution in [1.29, 1.82) is 0 Å². The highest BCUT2D eigenvalue weighted by Crippen LogP contribution is 2.14. The van der Waals surface area contributed by atoms with Crippen LogP contribution in [0.4, 0.5) is 0 Å². The van der Waals surface area contributed by atoms with E-state index in [1.54, 1.807) is 0 Å². The lowest BCUT2D eigenvalue weighted by atomic mass is 10.0. The van der Waals surface area contributed by atoms with Crippen LogP contribution in [0.25, 0.3) is 0 Å². The molecule has 0 aromatic rings. The van der Waals surface area contributed by atoms with E-state index < -0.39 is 6.10 Å². The van der Waals surface area contributed by atoms with Gasteiger partial charge in [-0.25, -0.2) is 0 Å². The standard InChI is InChI=1S/C53H92O6/c1-4-7-10-13-16-19-22-25-27-29-31-34-37-40-43-46-52(55)58-49-50(48-57-51(54)45-42-39-36-33-30-24-21-18-15-12-9-6-3)59-53(56)47-44-41-38-35-32-28-26-23-20-17-14-11-8-5-2/h14,16-17,19,23,25-27,31,34,50H,4-13,15,18,20-22,24,28-30,32-33,35-49H2,1-3H3/b17-14-,19-16-,26-23-,27-25-,34-31-/t50-/m1/s1. The van der Waals surface area contributed by atoms with E-state index in [1.165, 1.54) is 103 Å². The number of ether oxygens (including phenoxy) is 3. The van der Waals surface area contributed by atoms with Crippen molar-refractivity contribution in [3.8, 4) is 0 Å². The topological polar surface area (TPSA) is 78.9 Å². The van der Waals surface area contributed by atoms with Crippen molar-refractivity contribution in [2.24, 2.45) is 0 Å². The van der Waals surface area contributed by atoms with Crippen molar-refractivity contribution in [1.82, 2.24) is 0 Å². The van der Waals surface area contributed by atoms with Crippen LogP contribution in [0.2, 0.25) is 0 Å². The molecule has 0 bridgehead atoms. The number of hydrogen-bond acceptors (Lipinski definition) is 6. The summed E-state index contributed by atoms with van der Waals surface area (Å²) in [4.78, 5) is 37.9. The summed E-state index contributed by atoms with van der Waals surface area (Å²) < 4.78 is 16.7. The highest BCUT2D eigenvalue weighted by atomic mass is 16.6. The molecule has 6 nitrogen and oxygen atoms in total. The van der Waals surface area contributed by atoms with Crippen LogP contribution in [-0.2, 0) is 28.6 Å². The number of allylic oxidation sites excluding steroid dienone is 10. The number of unbranched alkanes of at least 4 members (excludes halogenated alkanes) is 23. The van der Waals surface area contributed by atoms with E-state index in [0.29, 0.717) is 19.3 Å². The van der Waals surface area contributed by atoms with Gasteiger partial charge in [0.2, 0.25) is 0 Å². The Balaban J connectivity index is 4.46. The molecule has 0 spiro atoms. The molecule has 0 N–H and O–H groups in total. The van der Waals surface area contributed by atoms with E-state index in [1.807, 2.05) is 0 Å². The zero-order valence-corrected chi connectivity index (χ0v) is 38.8. The monoisotopic (exact) mass is 825 g/mol. The summed E-state index contributed by atoms with van der Waals surface area (Å²) in [6, 6.07) is 0. The molecule has 0 aromatic carbocycles. The van der Waals surface area contributed by atoms with Crippen molar-refractivity contribution in [2.45, 2.75) is 245 Å². The fourth-order valence-corrected chi connectivity index (χ4v) is 6.70. The van der Waals surface area contributed by atoms with Gasteiger partial charge in [0.1, 0.15) is 13.2 Å². The largest absolute Gasteiger partial charge is 0.462 e. The second-order valence-electron chi connectivity index (χ2n) is 16.4. The van der Waals surface area contributed by atoms with Gasteiger partial charge in [0.15, 0.2) is 6.10 Å². The lowest BCUT2D eigenvalue weighted by Crippen LogP contribution is -2.30. The lowest BCUT2D eigenvalue weighted by molar-refractivity contribution is -0.167. The van der Waals surface area contributed by atoms with Gasteiger partial charge in [0.05, 0.1) is 0 Å². The van der Waals surface area contributed by atoms with Gasteiger partial charge in [-0.15, -0.1) is 0 Å². The van der Waals surface area contributed by atoms with Gasteiger partial charge in [0, 0.05) is 19.3 Å².